The van der Waals surface area contributed by atoms with Gasteiger partial charge in [-0.05, 0) is 30.4 Å². The van der Waals surface area contributed by atoms with Crippen LogP contribution in [0.15, 0.2) is 18.2 Å². The number of hydrogen-bond acceptors (Lipinski definition) is 1. The van der Waals surface area contributed by atoms with E-state index in [-0.39, 0.29) is 5.41 Å². The van der Waals surface area contributed by atoms with Gasteiger partial charge in [-0.3, -0.25) is 0 Å². The predicted octanol–water partition coefficient (Wildman–Crippen LogP) is 4.74. The van der Waals surface area contributed by atoms with Crippen molar-refractivity contribution in [3.63, 3.8) is 0 Å². The topological polar surface area (TPSA) is 9.23 Å². The van der Waals surface area contributed by atoms with Crippen LogP contribution >= 0.6 is 15.9 Å². The molecule has 96 valence electrons. The summed E-state index contributed by atoms with van der Waals surface area (Å²) in [6, 6.07) is 6.27. The van der Waals surface area contributed by atoms with Crippen molar-refractivity contribution in [1.82, 2.24) is 0 Å². The summed E-state index contributed by atoms with van der Waals surface area (Å²) in [6.45, 7) is 11.7. The van der Waals surface area contributed by atoms with Crippen LogP contribution < -0.4 is 4.74 Å². The Balaban J connectivity index is 2.73. The second-order valence-corrected chi connectivity index (χ2v) is 6.40. The molecule has 0 heterocycles. The maximum atomic E-state index is 6.02. The fourth-order valence-corrected chi connectivity index (χ4v) is 2.89. The van der Waals surface area contributed by atoms with Crippen molar-refractivity contribution in [3.8, 4) is 5.75 Å². The zero-order valence-electron chi connectivity index (χ0n) is 11.5. The first kappa shape index (κ1) is 14.6. The van der Waals surface area contributed by atoms with Crippen LogP contribution in [-0.4, -0.2) is 11.9 Å². The Hall–Kier alpha value is -0.500. The minimum absolute atomic E-state index is 0.264. The molecule has 0 fully saturated rings. The van der Waals surface area contributed by atoms with Crippen molar-refractivity contribution >= 4 is 15.9 Å². The van der Waals surface area contributed by atoms with Gasteiger partial charge in [-0.2, -0.15) is 0 Å². The molecule has 0 spiro atoms. The van der Waals surface area contributed by atoms with Crippen molar-refractivity contribution in [3.05, 3.63) is 29.3 Å². The monoisotopic (exact) mass is 298 g/mol. The van der Waals surface area contributed by atoms with Crippen molar-refractivity contribution in [2.24, 2.45) is 11.3 Å². The number of hydrogen-bond donors (Lipinski definition) is 0. The Morgan fingerprint density at radius 3 is 2.12 bits per heavy atom. The molecule has 1 unspecified atom stereocenters. The second kappa shape index (κ2) is 5.90. The molecule has 2 heteroatoms. The van der Waals surface area contributed by atoms with E-state index < -0.39 is 0 Å². The van der Waals surface area contributed by atoms with Gasteiger partial charge in [-0.15, -0.1) is 0 Å². The molecule has 17 heavy (non-hydrogen) atoms. The normalized spacial score (nSPS) is 13.5. The van der Waals surface area contributed by atoms with Crippen LogP contribution in [0.25, 0.3) is 0 Å². The average molecular weight is 299 g/mol. The van der Waals surface area contributed by atoms with Crippen LogP contribution in [0.5, 0.6) is 5.75 Å². The van der Waals surface area contributed by atoms with E-state index in [1.165, 1.54) is 11.1 Å². The highest BCUT2D eigenvalue weighted by atomic mass is 79.9. The molecular formula is C15H23BrO. The van der Waals surface area contributed by atoms with E-state index in [4.69, 9.17) is 4.74 Å². The van der Waals surface area contributed by atoms with Crippen LogP contribution in [0.3, 0.4) is 0 Å². The smallest absolute Gasteiger partial charge is 0.125 e. The van der Waals surface area contributed by atoms with E-state index in [1.54, 1.807) is 0 Å². The fourth-order valence-electron chi connectivity index (χ4n) is 1.74. The Morgan fingerprint density at radius 1 is 1.18 bits per heavy atom. The Kier molecular flexibility index (Phi) is 5.05. The minimum atomic E-state index is 0.264. The van der Waals surface area contributed by atoms with Gasteiger partial charge in [0.05, 0.1) is 6.61 Å². The molecule has 0 saturated carbocycles. The molecule has 1 rings (SSSR count). The van der Waals surface area contributed by atoms with Crippen molar-refractivity contribution in [2.45, 2.75) is 34.6 Å². The molecule has 1 aromatic rings. The molecular weight excluding hydrogens is 276 g/mol. The Bertz CT molecular complexity index is 345. The van der Waals surface area contributed by atoms with E-state index >= 15 is 0 Å². The van der Waals surface area contributed by atoms with Gasteiger partial charge in [0.25, 0.3) is 0 Å². The highest BCUT2D eigenvalue weighted by Gasteiger charge is 2.24. The number of para-hydroxylation sites is 1. The van der Waals surface area contributed by atoms with Gasteiger partial charge in [0.2, 0.25) is 0 Å². The first-order chi connectivity index (χ1) is 7.86. The molecule has 0 aliphatic rings. The maximum absolute atomic E-state index is 6.02. The van der Waals surface area contributed by atoms with E-state index in [0.29, 0.717) is 5.92 Å². The lowest BCUT2D eigenvalue weighted by molar-refractivity contribution is 0.164. The number of benzene rings is 1. The van der Waals surface area contributed by atoms with Crippen molar-refractivity contribution in [1.29, 1.82) is 0 Å². The summed E-state index contributed by atoms with van der Waals surface area (Å²) in [5.74, 6) is 1.56. The summed E-state index contributed by atoms with van der Waals surface area (Å²) >= 11 is 3.58. The highest BCUT2D eigenvalue weighted by molar-refractivity contribution is 9.09. The van der Waals surface area contributed by atoms with Gasteiger partial charge in [-0.1, -0.05) is 54.9 Å². The van der Waals surface area contributed by atoms with Crippen LogP contribution in [0.4, 0.5) is 0 Å². The van der Waals surface area contributed by atoms with E-state index in [0.717, 1.165) is 17.7 Å². The van der Waals surface area contributed by atoms with E-state index in [2.05, 4.69) is 68.7 Å². The Labute approximate surface area is 114 Å². The molecule has 0 aliphatic carbocycles. The largest absolute Gasteiger partial charge is 0.493 e. The third kappa shape index (κ3) is 4.02. The molecule has 0 N–H and O–H groups in total. The summed E-state index contributed by atoms with van der Waals surface area (Å²) in [4.78, 5) is 0. The predicted molar refractivity (Wildman–Crippen MR) is 78.2 cm³/mol. The molecule has 1 aromatic carbocycles. The van der Waals surface area contributed by atoms with E-state index in [1.807, 2.05) is 0 Å². The van der Waals surface area contributed by atoms with Gasteiger partial charge in [0.1, 0.15) is 5.75 Å². The summed E-state index contributed by atoms with van der Waals surface area (Å²) in [6.07, 6.45) is 0. The van der Waals surface area contributed by atoms with Gasteiger partial charge >= 0.3 is 0 Å². The lowest BCUT2D eigenvalue weighted by atomic mass is 9.83. The Morgan fingerprint density at radius 2 is 1.71 bits per heavy atom. The lowest BCUT2D eigenvalue weighted by Gasteiger charge is -2.29. The molecule has 0 aromatic heterocycles. The zero-order valence-corrected chi connectivity index (χ0v) is 13.1. The average Bonchev–Trinajstić information content (AvgIpc) is 2.20. The summed E-state index contributed by atoms with van der Waals surface area (Å²) in [5.41, 5.74) is 2.69. The summed E-state index contributed by atoms with van der Waals surface area (Å²) in [5, 5.41) is 0.974. The molecule has 0 radical (unpaired) electrons. The lowest BCUT2D eigenvalue weighted by Crippen LogP contribution is -2.28. The van der Waals surface area contributed by atoms with E-state index in [9.17, 15) is 0 Å². The maximum Gasteiger partial charge on any atom is 0.125 e. The molecule has 0 saturated heterocycles. The zero-order chi connectivity index (χ0) is 13.1. The number of ether oxygens (including phenoxy) is 1. The molecule has 0 amide bonds. The fraction of sp³-hybridized carbons (Fsp3) is 0.600. The molecule has 1 nitrogen and oxygen atoms in total. The van der Waals surface area contributed by atoms with Gasteiger partial charge in [0, 0.05) is 11.2 Å². The molecule has 0 aliphatic heterocycles. The van der Waals surface area contributed by atoms with Crippen LogP contribution in [0.2, 0.25) is 0 Å². The van der Waals surface area contributed by atoms with Crippen LogP contribution in [0.1, 0.15) is 31.9 Å². The molecule has 1 atom stereocenters. The summed E-state index contributed by atoms with van der Waals surface area (Å²) < 4.78 is 6.02. The quantitative estimate of drug-likeness (QED) is 0.730. The number of aryl methyl sites for hydroxylation is 2. The summed E-state index contributed by atoms with van der Waals surface area (Å²) in [7, 11) is 0. The van der Waals surface area contributed by atoms with Crippen molar-refractivity contribution < 1.29 is 4.74 Å². The third-order valence-corrected chi connectivity index (χ3v) is 4.03. The number of halogens is 1. The van der Waals surface area contributed by atoms with Crippen LogP contribution in [0, 0.1) is 25.2 Å². The van der Waals surface area contributed by atoms with Gasteiger partial charge < -0.3 is 4.74 Å². The third-order valence-electron chi connectivity index (χ3n) is 3.25. The minimum Gasteiger partial charge on any atom is -0.493 e. The van der Waals surface area contributed by atoms with Gasteiger partial charge in [-0.25, -0.2) is 0 Å². The van der Waals surface area contributed by atoms with Crippen LogP contribution in [-0.2, 0) is 0 Å². The SMILES string of the molecule is Cc1cccc(C)c1OCC(CBr)C(C)(C)C. The first-order valence-electron chi connectivity index (χ1n) is 6.11. The van der Waals surface area contributed by atoms with Gasteiger partial charge in [0.15, 0.2) is 0 Å². The molecule has 0 bridgehead atoms. The highest BCUT2D eigenvalue weighted by Crippen LogP contribution is 2.30. The van der Waals surface area contributed by atoms with Crippen molar-refractivity contribution in [2.75, 3.05) is 11.9 Å². The number of alkyl halides is 1. The second-order valence-electron chi connectivity index (χ2n) is 5.75. The standard InChI is InChI=1S/C15H23BrO/c1-11-7-6-8-12(2)14(11)17-10-13(9-16)15(3,4)5/h6-8,13H,9-10H2,1-5H3. The first-order valence-corrected chi connectivity index (χ1v) is 7.23. The number of rotatable bonds is 4.